The second kappa shape index (κ2) is 44.6. The molecule has 0 bridgehead atoms. The molecule has 0 heterocycles. The van der Waals surface area contributed by atoms with E-state index in [1.165, 1.54) is 116 Å². The summed E-state index contributed by atoms with van der Waals surface area (Å²) < 4.78 is 17.3. The van der Waals surface area contributed by atoms with E-state index in [1.807, 2.05) is 21.1 Å². The topological polar surface area (TPSA) is 99.1 Å². The van der Waals surface area contributed by atoms with Gasteiger partial charge in [0.15, 0.2) is 12.1 Å². The number of carboxylic acids is 1. The standard InChI is InChI=1S/C54H95NO7/c1-6-8-10-12-14-16-18-20-22-23-24-25-26-27-28-29-31-32-34-36-38-40-42-44-52(56)61-49-50(48-60-47-46-51(54(58)59)55(3,4)5)62-53(57)45-43-41-39-37-35-33-30-21-19-17-15-13-11-9-7-2/h8,10,14,16-17,19-20,22,24-25,50-51H,6-7,9,11-13,15,18,21,23,26-49H2,1-5H3/p+1/b10-8+,16-14+,19-17+,22-20+,25-24+. The minimum Gasteiger partial charge on any atom is -0.477 e. The van der Waals surface area contributed by atoms with E-state index in [-0.39, 0.29) is 36.2 Å². The summed E-state index contributed by atoms with van der Waals surface area (Å²) in [6.45, 7) is 4.62. The molecule has 8 heteroatoms. The maximum absolute atomic E-state index is 12.8. The van der Waals surface area contributed by atoms with E-state index in [0.29, 0.717) is 19.3 Å². The van der Waals surface area contributed by atoms with E-state index in [4.69, 9.17) is 14.2 Å². The summed E-state index contributed by atoms with van der Waals surface area (Å²) in [5.41, 5.74) is 0. The largest absolute Gasteiger partial charge is 0.477 e. The second-order valence-electron chi connectivity index (χ2n) is 18.0. The van der Waals surface area contributed by atoms with Crippen molar-refractivity contribution in [3.05, 3.63) is 60.8 Å². The molecule has 0 fully saturated rings. The van der Waals surface area contributed by atoms with Crippen LogP contribution >= 0.6 is 0 Å². The molecule has 0 saturated carbocycles. The molecular formula is C54H96NO7+. The Kier molecular flexibility index (Phi) is 42.5. The molecule has 0 aliphatic rings. The zero-order chi connectivity index (χ0) is 45.6. The van der Waals surface area contributed by atoms with Crippen LogP contribution in [0, 0.1) is 0 Å². The van der Waals surface area contributed by atoms with Gasteiger partial charge < -0.3 is 23.8 Å². The number of rotatable bonds is 45. The Bertz CT molecular complexity index is 1200. The van der Waals surface area contributed by atoms with Crippen molar-refractivity contribution in [2.75, 3.05) is 41.0 Å². The summed E-state index contributed by atoms with van der Waals surface area (Å²) in [5.74, 6) is -1.48. The van der Waals surface area contributed by atoms with Gasteiger partial charge in [0.1, 0.15) is 6.61 Å². The lowest BCUT2D eigenvalue weighted by molar-refractivity contribution is -0.887. The van der Waals surface area contributed by atoms with Gasteiger partial charge in [-0.25, -0.2) is 4.79 Å². The number of esters is 2. The molecule has 0 rings (SSSR count). The van der Waals surface area contributed by atoms with Gasteiger partial charge in [-0.2, -0.15) is 0 Å². The SMILES string of the molecule is CC/C=C/C/C=C/C/C=C/C/C=C/CCCCCCCCCCCCC(=O)OCC(COCCC(C(=O)O)[N+](C)(C)C)OC(=O)CCCCCCCCC/C=C/CCCCCC. The van der Waals surface area contributed by atoms with Crippen LogP contribution in [0.4, 0.5) is 0 Å². The molecule has 1 N–H and O–H groups in total. The van der Waals surface area contributed by atoms with Crippen LogP contribution in [0.5, 0.6) is 0 Å². The fourth-order valence-electron chi connectivity index (χ4n) is 7.25. The van der Waals surface area contributed by atoms with Crippen molar-refractivity contribution >= 4 is 17.9 Å². The highest BCUT2D eigenvalue weighted by Gasteiger charge is 2.31. The van der Waals surface area contributed by atoms with Crippen LogP contribution in [0.15, 0.2) is 60.8 Å². The van der Waals surface area contributed by atoms with E-state index in [0.717, 1.165) is 64.2 Å². The van der Waals surface area contributed by atoms with Crippen molar-refractivity contribution in [1.82, 2.24) is 0 Å². The summed E-state index contributed by atoms with van der Waals surface area (Å²) in [7, 11) is 5.53. The molecule has 2 unspecified atom stereocenters. The van der Waals surface area contributed by atoms with E-state index in [2.05, 4.69) is 74.6 Å². The van der Waals surface area contributed by atoms with Crippen LogP contribution in [-0.4, -0.2) is 80.6 Å². The quantitative estimate of drug-likeness (QED) is 0.0282. The minimum absolute atomic E-state index is 0.0558. The first-order valence-electron chi connectivity index (χ1n) is 25.3. The normalized spacial score (nSPS) is 13.4. The first-order valence-corrected chi connectivity index (χ1v) is 25.3. The monoisotopic (exact) mass is 871 g/mol. The van der Waals surface area contributed by atoms with Gasteiger partial charge in [-0.3, -0.25) is 9.59 Å². The van der Waals surface area contributed by atoms with Crippen LogP contribution in [0.3, 0.4) is 0 Å². The first kappa shape index (κ1) is 59.0. The molecule has 8 nitrogen and oxygen atoms in total. The van der Waals surface area contributed by atoms with Gasteiger partial charge in [0.2, 0.25) is 0 Å². The molecule has 0 radical (unpaired) electrons. The number of hydrogen-bond donors (Lipinski definition) is 1. The number of unbranched alkanes of at least 4 members (excludes halogenated alkanes) is 21. The van der Waals surface area contributed by atoms with Gasteiger partial charge in [0, 0.05) is 19.3 Å². The molecule has 0 amide bonds. The van der Waals surface area contributed by atoms with Crippen molar-refractivity contribution in [3.8, 4) is 0 Å². The highest BCUT2D eigenvalue weighted by Crippen LogP contribution is 2.15. The van der Waals surface area contributed by atoms with Crippen LogP contribution in [0.25, 0.3) is 0 Å². The number of hydrogen-bond acceptors (Lipinski definition) is 6. The number of allylic oxidation sites excluding steroid dienone is 10. The van der Waals surface area contributed by atoms with Crippen molar-refractivity contribution in [1.29, 1.82) is 0 Å². The number of carbonyl (C=O) groups is 3. The Balaban J connectivity index is 4.23. The van der Waals surface area contributed by atoms with Crippen LogP contribution in [0.2, 0.25) is 0 Å². The van der Waals surface area contributed by atoms with Gasteiger partial charge in [0.05, 0.1) is 34.4 Å². The molecule has 0 aromatic heterocycles. The van der Waals surface area contributed by atoms with Crippen LogP contribution < -0.4 is 0 Å². The maximum atomic E-state index is 12.8. The van der Waals surface area contributed by atoms with E-state index in [9.17, 15) is 19.5 Å². The summed E-state index contributed by atoms with van der Waals surface area (Å²) in [4.78, 5) is 37.1. The number of ether oxygens (including phenoxy) is 3. The predicted octanol–water partition coefficient (Wildman–Crippen LogP) is 14.5. The molecule has 0 spiro atoms. The summed E-state index contributed by atoms with van der Waals surface area (Å²) >= 11 is 0. The Hall–Kier alpha value is -2.97. The Morgan fingerprint density at radius 2 is 0.903 bits per heavy atom. The van der Waals surface area contributed by atoms with Gasteiger partial charge in [-0.05, 0) is 77.0 Å². The van der Waals surface area contributed by atoms with E-state index >= 15 is 0 Å². The number of carbonyl (C=O) groups excluding carboxylic acids is 2. The molecule has 2 atom stereocenters. The zero-order valence-corrected chi connectivity index (χ0v) is 40.8. The average molecular weight is 871 g/mol. The smallest absolute Gasteiger partial charge is 0.362 e. The number of nitrogens with zero attached hydrogens (tertiary/aromatic N) is 1. The molecule has 0 aliphatic heterocycles. The molecule has 0 saturated heterocycles. The Labute approximate surface area is 381 Å². The number of likely N-dealkylation sites (N-methyl/N-ethyl adjacent to an activating group) is 1. The highest BCUT2D eigenvalue weighted by molar-refractivity contribution is 5.72. The van der Waals surface area contributed by atoms with Gasteiger partial charge in [0.25, 0.3) is 0 Å². The second-order valence-corrected chi connectivity index (χ2v) is 18.0. The minimum atomic E-state index is -0.876. The third kappa shape index (κ3) is 42.3. The van der Waals surface area contributed by atoms with Gasteiger partial charge in [-0.1, -0.05) is 177 Å². The average Bonchev–Trinajstić information content (AvgIpc) is 3.23. The summed E-state index contributed by atoms with van der Waals surface area (Å²) in [5, 5.41) is 9.65. The third-order valence-electron chi connectivity index (χ3n) is 11.2. The highest BCUT2D eigenvalue weighted by atomic mass is 16.6. The molecular weight excluding hydrogens is 775 g/mol. The lowest BCUT2D eigenvalue weighted by atomic mass is 10.1. The Morgan fingerprint density at radius 3 is 1.35 bits per heavy atom. The fourth-order valence-corrected chi connectivity index (χ4v) is 7.25. The number of quaternary nitrogens is 1. The first-order chi connectivity index (χ1) is 30.1. The molecule has 358 valence electrons. The molecule has 62 heavy (non-hydrogen) atoms. The summed E-state index contributed by atoms with van der Waals surface area (Å²) in [6, 6.07) is -0.617. The Morgan fingerprint density at radius 1 is 0.500 bits per heavy atom. The van der Waals surface area contributed by atoms with Crippen molar-refractivity contribution in [2.45, 2.75) is 225 Å². The third-order valence-corrected chi connectivity index (χ3v) is 11.2. The molecule has 0 aromatic carbocycles. The molecule has 0 aromatic rings. The number of aliphatic carboxylic acids is 1. The fraction of sp³-hybridized carbons (Fsp3) is 0.759. The number of carboxylic acid groups (broad SMARTS) is 1. The van der Waals surface area contributed by atoms with Gasteiger partial charge >= 0.3 is 17.9 Å². The van der Waals surface area contributed by atoms with Crippen LogP contribution in [0.1, 0.15) is 213 Å². The van der Waals surface area contributed by atoms with E-state index < -0.39 is 18.1 Å². The van der Waals surface area contributed by atoms with Crippen molar-refractivity contribution < 1.29 is 38.2 Å². The van der Waals surface area contributed by atoms with E-state index in [1.54, 1.807) is 0 Å². The molecule has 0 aliphatic carbocycles. The zero-order valence-electron chi connectivity index (χ0n) is 40.8. The van der Waals surface area contributed by atoms with Crippen LogP contribution in [-0.2, 0) is 28.6 Å². The van der Waals surface area contributed by atoms with Crippen molar-refractivity contribution in [3.63, 3.8) is 0 Å². The summed E-state index contributed by atoms with van der Waals surface area (Å²) in [6.07, 6.45) is 55.5. The lowest BCUT2D eigenvalue weighted by Gasteiger charge is -2.31. The van der Waals surface area contributed by atoms with Gasteiger partial charge in [-0.15, -0.1) is 0 Å². The van der Waals surface area contributed by atoms with Crippen molar-refractivity contribution in [2.24, 2.45) is 0 Å². The lowest BCUT2D eigenvalue weighted by Crippen LogP contribution is -2.50. The predicted molar refractivity (Wildman–Crippen MR) is 261 cm³/mol. The maximum Gasteiger partial charge on any atom is 0.362 e.